The fourth-order valence-corrected chi connectivity index (χ4v) is 1.53. The number of carbonyl (C=O) groups is 3. The lowest BCUT2D eigenvalue weighted by Gasteiger charge is -2.20. The largest absolute Gasteiger partial charge is 0.480 e. The second kappa shape index (κ2) is 6.74. The van der Waals surface area contributed by atoms with E-state index in [1.54, 1.807) is 19.9 Å². The summed E-state index contributed by atoms with van der Waals surface area (Å²) >= 11 is 0. The van der Waals surface area contributed by atoms with Gasteiger partial charge in [0.1, 0.15) is 12.1 Å². The molecule has 0 aliphatic heterocycles. The summed E-state index contributed by atoms with van der Waals surface area (Å²) in [6.45, 7) is 4.84. The van der Waals surface area contributed by atoms with Crippen molar-refractivity contribution < 1.29 is 23.9 Å². The monoisotopic (exact) mass is 282 g/mol. The van der Waals surface area contributed by atoms with Crippen LogP contribution in [0.25, 0.3) is 0 Å². The number of carboxylic acid groups (broad SMARTS) is 1. The van der Waals surface area contributed by atoms with E-state index in [4.69, 9.17) is 9.52 Å². The molecule has 1 unspecified atom stereocenters. The molecule has 0 aromatic carbocycles. The van der Waals surface area contributed by atoms with Crippen LogP contribution in [0.4, 0.5) is 0 Å². The van der Waals surface area contributed by atoms with Gasteiger partial charge in [0.2, 0.25) is 5.91 Å². The van der Waals surface area contributed by atoms with Crippen molar-refractivity contribution in [3.05, 3.63) is 24.2 Å². The van der Waals surface area contributed by atoms with Crippen LogP contribution in [0.15, 0.2) is 22.8 Å². The molecule has 7 heteroatoms. The van der Waals surface area contributed by atoms with Gasteiger partial charge >= 0.3 is 5.97 Å². The number of nitrogens with one attached hydrogen (secondary N) is 2. The predicted molar refractivity (Wildman–Crippen MR) is 70.0 cm³/mol. The molecule has 1 aromatic rings. The fourth-order valence-electron chi connectivity index (χ4n) is 1.53. The van der Waals surface area contributed by atoms with Crippen LogP contribution in [0, 0.1) is 5.92 Å². The third-order valence-corrected chi connectivity index (χ3v) is 2.72. The maximum atomic E-state index is 11.8. The Morgan fingerprint density at radius 1 is 1.20 bits per heavy atom. The minimum atomic E-state index is -1.11. The number of rotatable bonds is 6. The molecular formula is C13H18N2O5. The zero-order chi connectivity index (χ0) is 15.3. The summed E-state index contributed by atoms with van der Waals surface area (Å²) < 4.78 is 4.90. The zero-order valence-corrected chi connectivity index (χ0v) is 11.5. The highest BCUT2D eigenvalue weighted by Gasteiger charge is 2.26. The minimum Gasteiger partial charge on any atom is -0.480 e. The summed E-state index contributed by atoms with van der Waals surface area (Å²) in [5, 5.41) is 13.8. The van der Waals surface area contributed by atoms with Crippen molar-refractivity contribution in [1.29, 1.82) is 0 Å². The highest BCUT2D eigenvalue weighted by atomic mass is 16.4. The Labute approximate surface area is 116 Å². The Bertz CT molecular complexity index is 481. The third-order valence-electron chi connectivity index (χ3n) is 2.72. The van der Waals surface area contributed by atoms with E-state index in [2.05, 4.69) is 10.6 Å². The summed E-state index contributed by atoms with van der Waals surface area (Å²) in [5.74, 6) is -2.38. The summed E-state index contributed by atoms with van der Waals surface area (Å²) in [7, 11) is 0. The van der Waals surface area contributed by atoms with Crippen molar-refractivity contribution in [3.8, 4) is 0 Å². The highest BCUT2D eigenvalue weighted by molar-refractivity contribution is 5.96. The lowest BCUT2D eigenvalue weighted by atomic mass is 10.0. The van der Waals surface area contributed by atoms with Crippen LogP contribution in [-0.4, -0.2) is 35.0 Å². The third kappa shape index (κ3) is 4.11. The minimum absolute atomic E-state index is 0.0864. The number of hydrogen-bond acceptors (Lipinski definition) is 4. The van der Waals surface area contributed by atoms with Gasteiger partial charge in [0.15, 0.2) is 5.76 Å². The normalized spacial score (nSPS) is 13.6. The molecule has 0 aliphatic carbocycles. The van der Waals surface area contributed by atoms with E-state index in [1.807, 2.05) is 0 Å². The first kappa shape index (κ1) is 15.7. The summed E-state index contributed by atoms with van der Waals surface area (Å²) in [6.07, 6.45) is 1.35. The van der Waals surface area contributed by atoms with E-state index in [-0.39, 0.29) is 11.7 Å². The van der Waals surface area contributed by atoms with E-state index in [1.165, 1.54) is 19.3 Å². The van der Waals surface area contributed by atoms with Gasteiger partial charge in [-0.15, -0.1) is 0 Å². The van der Waals surface area contributed by atoms with Crippen LogP contribution in [0.1, 0.15) is 31.3 Å². The van der Waals surface area contributed by atoms with Crippen LogP contribution >= 0.6 is 0 Å². The fraction of sp³-hybridized carbons (Fsp3) is 0.462. The molecule has 2 atom stereocenters. The van der Waals surface area contributed by atoms with Crippen molar-refractivity contribution in [2.24, 2.45) is 5.92 Å². The molecule has 3 N–H and O–H groups in total. The van der Waals surface area contributed by atoms with Crippen LogP contribution < -0.4 is 10.6 Å². The van der Waals surface area contributed by atoms with Crippen molar-refractivity contribution in [3.63, 3.8) is 0 Å². The predicted octanol–water partition coefficient (Wildman–Crippen LogP) is 0.623. The molecule has 2 amide bonds. The van der Waals surface area contributed by atoms with Gasteiger partial charge in [0, 0.05) is 0 Å². The van der Waals surface area contributed by atoms with Crippen LogP contribution in [0.5, 0.6) is 0 Å². The SMILES string of the molecule is CC(NC(=O)c1ccco1)C(=O)N[C@@H](C(=O)O)C(C)C. The number of carboxylic acids is 1. The van der Waals surface area contributed by atoms with Gasteiger partial charge in [-0.3, -0.25) is 9.59 Å². The Balaban J connectivity index is 2.59. The second-order valence-electron chi connectivity index (χ2n) is 4.74. The first-order valence-electron chi connectivity index (χ1n) is 6.20. The standard InChI is InChI=1S/C13H18N2O5/c1-7(2)10(13(18)19)15-11(16)8(3)14-12(17)9-5-4-6-20-9/h4-8,10H,1-3H3,(H,14,17)(H,15,16)(H,18,19)/t8?,10-/m1/s1. The van der Waals surface area contributed by atoms with Gasteiger partial charge in [-0.05, 0) is 25.0 Å². The number of furan rings is 1. The molecule has 0 saturated carbocycles. The number of amides is 2. The van der Waals surface area contributed by atoms with E-state index >= 15 is 0 Å². The van der Waals surface area contributed by atoms with Crippen molar-refractivity contribution in [1.82, 2.24) is 10.6 Å². The summed E-state index contributed by atoms with van der Waals surface area (Å²) in [5.41, 5.74) is 0. The molecular weight excluding hydrogens is 264 g/mol. The maximum absolute atomic E-state index is 11.8. The Morgan fingerprint density at radius 2 is 1.85 bits per heavy atom. The Hall–Kier alpha value is -2.31. The molecule has 0 spiro atoms. The van der Waals surface area contributed by atoms with E-state index in [0.29, 0.717) is 0 Å². The smallest absolute Gasteiger partial charge is 0.326 e. The molecule has 1 rings (SSSR count). The maximum Gasteiger partial charge on any atom is 0.326 e. The van der Waals surface area contributed by atoms with Gasteiger partial charge < -0.3 is 20.2 Å². The van der Waals surface area contributed by atoms with Crippen molar-refractivity contribution in [2.45, 2.75) is 32.9 Å². The number of hydrogen-bond donors (Lipinski definition) is 3. The molecule has 1 aromatic heterocycles. The molecule has 0 radical (unpaired) electrons. The quantitative estimate of drug-likeness (QED) is 0.709. The molecule has 0 saturated heterocycles. The zero-order valence-electron chi connectivity index (χ0n) is 11.5. The van der Waals surface area contributed by atoms with E-state index < -0.39 is 29.9 Å². The molecule has 1 heterocycles. The second-order valence-corrected chi connectivity index (χ2v) is 4.74. The first-order valence-corrected chi connectivity index (χ1v) is 6.20. The molecule has 0 aliphatic rings. The molecule has 110 valence electrons. The number of aliphatic carboxylic acids is 1. The Morgan fingerprint density at radius 3 is 2.30 bits per heavy atom. The lowest BCUT2D eigenvalue weighted by molar-refractivity contribution is -0.143. The van der Waals surface area contributed by atoms with Gasteiger partial charge in [0.05, 0.1) is 6.26 Å². The molecule has 0 fully saturated rings. The van der Waals surface area contributed by atoms with Crippen LogP contribution in [0.2, 0.25) is 0 Å². The topological polar surface area (TPSA) is 109 Å². The summed E-state index contributed by atoms with van der Waals surface area (Å²) in [6, 6.07) is 1.16. The average Bonchev–Trinajstić information content (AvgIpc) is 2.88. The van der Waals surface area contributed by atoms with Crippen LogP contribution in [-0.2, 0) is 9.59 Å². The van der Waals surface area contributed by atoms with Crippen LogP contribution in [0.3, 0.4) is 0 Å². The highest BCUT2D eigenvalue weighted by Crippen LogP contribution is 2.03. The van der Waals surface area contributed by atoms with Gasteiger partial charge in [0.25, 0.3) is 5.91 Å². The van der Waals surface area contributed by atoms with Crippen molar-refractivity contribution in [2.75, 3.05) is 0 Å². The van der Waals surface area contributed by atoms with Gasteiger partial charge in [-0.2, -0.15) is 0 Å². The summed E-state index contributed by atoms with van der Waals surface area (Å²) in [4.78, 5) is 34.5. The first-order chi connectivity index (χ1) is 9.32. The molecule has 0 bridgehead atoms. The van der Waals surface area contributed by atoms with Gasteiger partial charge in [-0.25, -0.2) is 4.79 Å². The average molecular weight is 282 g/mol. The Kier molecular flexibility index (Phi) is 5.31. The lowest BCUT2D eigenvalue weighted by Crippen LogP contribution is -2.52. The van der Waals surface area contributed by atoms with Gasteiger partial charge in [-0.1, -0.05) is 13.8 Å². The van der Waals surface area contributed by atoms with E-state index in [0.717, 1.165) is 0 Å². The number of carbonyl (C=O) groups excluding carboxylic acids is 2. The van der Waals surface area contributed by atoms with Crippen molar-refractivity contribution >= 4 is 17.8 Å². The van der Waals surface area contributed by atoms with E-state index in [9.17, 15) is 14.4 Å². The molecule has 7 nitrogen and oxygen atoms in total. The molecule has 20 heavy (non-hydrogen) atoms.